The van der Waals surface area contributed by atoms with Crippen molar-refractivity contribution in [2.45, 2.75) is 33.1 Å². The third-order valence-electron chi connectivity index (χ3n) is 1.63. The molecule has 1 rings (SSSR count). The lowest BCUT2D eigenvalue weighted by molar-refractivity contribution is -0.134. The van der Waals surface area contributed by atoms with Crippen LogP contribution in [0.25, 0.3) is 0 Å². The summed E-state index contributed by atoms with van der Waals surface area (Å²) in [5.74, 6) is 0.593. The molecule has 0 aromatic carbocycles. The van der Waals surface area contributed by atoms with Gasteiger partial charge in [0.05, 0.1) is 0 Å². The predicted molar refractivity (Wildman–Crippen MR) is 55.3 cm³/mol. The molecular weight excluding hydrogens is 180 g/mol. The standard InChI is InChI=1S/C10H14N2O2/c1-3-4-5-6-11-9-7-10(13)14-8(2)12-9/h5-6H,3-4,7H2,1-2H3/b6-5-,11-9?. The van der Waals surface area contributed by atoms with Crippen molar-refractivity contribution in [3.8, 4) is 0 Å². The Bertz CT molecular complexity index is 303. The number of aliphatic imine (C=N–C) groups is 2. The number of hydrogen-bond donors (Lipinski definition) is 0. The summed E-state index contributed by atoms with van der Waals surface area (Å²) < 4.78 is 4.75. The normalized spacial score (nSPS) is 20.0. The van der Waals surface area contributed by atoms with Gasteiger partial charge in [-0.3, -0.25) is 4.79 Å². The summed E-state index contributed by atoms with van der Waals surface area (Å²) in [5.41, 5.74) is 0. The molecule has 4 heteroatoms. The summed E-state index contributed by atoms with van der Waals surface area (Å²) in [4.78, 5) is 19.0. The van der Waals surface area contributed by atoms with Gasteiger partial charge in [-0.2, -0.15) is 0 Å². The fourth-order valence-corrected chi connectivity index (χ4v) is 1.03. The van der Waals surface area contributed by atoms with Crippen molar-refractivity contribution in [1.29, 1.82) is 0 Å². The van der Waals surface area contributed by atoms with E-state index in [-0.39, 0.29) is 12.4 Å². The van der Waals surface area contributed by atoms with Gasteiger partial charge < -0.3 is 4.74 Å². The van der Waals surface area contributed by atoms with Crippen LogP contribution < -0.4 is 0 Å². The van der Waals surface area contributed by atoms with Gasteiger partial charge in [-0.1, -0.05) is 19.4 Å². The van der Waals surface area contributed by atoms with Crippen LogP contribution in [0.2, 0.25) is 0 Å². The lowest BCUT2D eigenvalue weighted by atomic mass is 10.3. The number of carbonyl (C=O) groups excluding carboxylic acids is 1. The number of ether oxygens (including phenoxy) is 1. The molecule has 0 amide bonds. The molecule has 0 atom stereocenters. The van der Waals surface area contributed by atoms with E-state index in [9.17, 15) is 4.79 Å². The lowest BCUT2D eigenvalue weighted by Crippen LogP contribution is -2.20. The van der Waals surface area contributed by atoms with Crippen LogP contribution in [0.1, 0.15) is 33.1 Å². The van der Waals surface area contributed by atoms with Crippen molar-refractivity contribution >= 4 is 17.7 Å². The molecule has 0 fully saturated rings. The van der Waals surface area contributed by atoms with Gasteiger partial charge in [-0.05, 0) is 6.42 Å². The molecule has 0 unspecified atom stereocenters. The SMILES string of the molecule is CCC/C=C\N=C1CC(=O)OC(C)=N1. The van der Waals surface area contributed by atoms with Crippen LogP contribution in [0.4, 0.5) is 0 Å². The molecule has 0 spiro atoms. The van der Waals surface area contributed by atoms with E-state index in [0.717, 1.165) is 12.8 Å². The summed E-state index contributed by atoms with van der Waals surface area (Å²) in [5, 5.41) is 0. The van der Waals surface area contributed by atoms with E-state index < -0.39 is 0 Å². The molecule has 0 aromatic heterocycles. The van der Waals surface area contributed by atoms with Crippen molar-refractivity contribution in [3.63, 3.8) is 0 Å². The summed E-state index contributed by atoms with van der Waals surface area (Å²) in [6, 6.07) is 0. The maximum absolute atomic E-state index is 11.0. The molecule has 0 saturated heterocycles. The van der Waals surface area contributed by atoms with Gasteiger partial charge in [-0.15, -0.1) is 0 Å². The molecule has 1 aliphatic heterocycles. The average Bonchev–Trinajstić information content (AvgIpc) is 2.11. The van der Waals surface area contributed by atoms with Gasteiger partial charge in [0.25, 0.3) is 0 Å². The van der Waals surface area contributed by atoms with Gasteiger partial charge >= 0.3 is 5.97 Å². The van der Waals surface area contributed by atoms with E-state index in [0.29, 0.717) is 11.7 Å². The zero-order valence-corrected chi connectivity index (χ0v) is 8.49. The molecular formula is C10H14N2O2. The van der Waals surface area contributed by atoms with E-state index in [1.807, 2.05) is 6.08 Å². The summed E-state index contributed by atoms with van der Waals surface area (Å²) in [6.45, 7) is 3.74. The second-order valence-corrected chi connectivity index (χ2v) is 3.00. The molecule has 1 heterocycles. The number of amidine groups is 1. The second kappa shape index (κ2) is 5.32. The van der Waals surface area contributed by atoms with Crippen LogP contribution in [-0.4, -0.2) is 17.7 Å². The highest BCUT2D eigenvalue weighted by atomic mass is 16.5. The lowest BCUT2D eigenvalue weighted by Gasteiger charge is -2.08. The van der Waals surface area contributed by atoms with Gasteiger partial charge in [-0.25, -0.2) is 9.98 Å². The fraction of sp³-hybridized carbons (Fsp3) is 0.500. The van der Waals surface area contributed by atoms with E-state index in [2.05, 4.69) is 16.9 Å². The minimum absolute atomic E-state index is 0.161. The van der Waals surface area contributed by atoms with Gasteiger partial charge in [0.2, 0.25) is 0 Å². The molecule has 76 valence electrons. The molecule has 0 radical (unpaired) electrons. The Kier molecular flexibility index (Phi) is 4.04. The van der Waals surface area contributed by atoms with Crippen LogP contribution >= 0.6 is 0 Å². The zero-order chi connectivity index (χ0) is 10.4. The number of rotatable bonds is 3. The van der Waals surface area contributed by atoms with Crippen molar-refractivity contribution in [3.05, 3.63) is 12.3 Å². The summed E-state index contributed by atoms with van der Waals surface area (Å²) in [7, 11) is 0. The average molecular weight is 194 g/mol. The third-order valence-corrected chi connectivity index (χ3v) is 1.63. The number of unbranched alkanes of at least 4 members (excludes halogenated alkanes) is 1. The van der Waals surface area contributed by atoms with Crippen molar-refractivity contribution in [1.82, 2.24) is 0 Å². The molecule has 1 aliphatic rings. The van der Waals surface area contributed by atoms with Crippen molar-refractivity contribution in [2.24, 2.45) is 9.98 Å². The first-order chi connectivity index (χ1) is 6.72. The second-order valence-electron chi connectivity index (χ2n) is 3.00. The Morgan fingerprint density at radius 2 is 2.43 bits per heavy atom. The van der Waals surface area contributed by atoms with Gasteiger partial charge in [0, 0.05) is 13.1 Å². The highest BCUT2D eigenvalue weighted by Crippen LogP contribution is 2.03. The fourth-order valence-electron chi connectivity index (χ4n) is 1.03. The molecule has 0 aliphatic carbocycles. The minimum atomic E-state index is -0.292. The summed E-state index contributed by atoms with van der Waals surface area (Å²) >= 11 is 0. The number of esters is 1. The van der Waals surface area contributed by atoms with Crippen molar-refractivity contribution in [2.75, 3.05) is 0 Å². The van der Waals surface area contributed by atoms with E-state index in [1.54, 1.807) is 13.1 Å². The van der Waals surface area contributed by atoms with Gasteiger partial charge in [0.15, 0.2) is 5.90 Å². The monoisotopic (exact) mass is 194 g/mol. The highest BCUT2D eigenvalue weighted by Gasteiger charge is 2.15. The first kappa shape index (κ1) is 10.6. The minimum Gasteiger partial charge on any atom is -0.411 e. The van der Waals surface area contributed by atoms with Crippen LogP contribution in [0, 0.1) is 0 Å². The molecule has 4 nitrogen and oxygen atoms in total. The quantitative estimate of drug-likeness (QED) is 0.646. The Hall–Kier alpha value is -1.45. The maximum Gasteiger partial charge on any atom is 0.320 e. The Labute approximate surface area is 83.4 Å². The topological polar surface area (TPSA) is 51.0 Å². The van der Waals surface area contributed by atoms with Crippen molar-refractivity contribution < 1.29 is 9.53 Å². The molecule has 0 N–H and O–H groups in total. The van der Waals surface area contributed by atoms with Crippen LogP contribution in [0.5, 0.6) is 0 Å². The number of nitrogens with zero attached hydrogens (tertiary/aromatic N) is 2. The Morgan fingerprint density at radius 3 is 3.07 bits per heavy atom. The van der Waals surface area contributed by atoms with E-state index in [1.165, 1.54) is 0 Å². The van der Waals surface area contributed by atoms with E-state index in [4.69, 9.17) is 4.74 Å². The number of carbonyl (C=O) groups is 1. The third kappa shape index (κ3) is 3.51. The first-order valence-corrected chi connectivity index (χ1v) is 4.70. The highest BCUT2D eigenvalue weighted by molar-refractivity contribution is 6.09. The molecule has 0 bridgehead atoms. The largest absolute Gasteiger partial charge is 0.411 e. The van der Waals surface area contributed by atoms with Crippen LogP contribution in [0.3, 0.4) is 0 Å². The number of hydrogen-bond acceptors (Lipinski definition) is 3. The van der Waals surface area contributed by atoms with Crippen LogP contribution in [0.15, 0.2) is 22.3 Å². The molecule has 0 saturated carbocycles. The maximum atomic E-state index is 11.0. The molecule has 0 aromatic rings. The van der Waals surface area contributed by atoms with Crippen LogP contribution in [-0.2, 0) is 9.53 Å². The number of allylic oxidation sites excluding steroid dienone is 1. The molecule has 14 heavy (non-hydrogen) atoms. The smallest absolute Gasteiger partial charge is 0.320 e. The number of cyclic esters (lactones) is 1. The van der Waals surface area contributed by atoms with E-state index >= 15 is 0 Å². The van der Waals surface area contributed by atoms with Gasteiger partial charge in [0.1, 0.15) is 12.3 Å². The predicted octanol–water partition coefficient (Wildman–Crippen LogP) is 2.06. The zero-order valence-electron chi connectivity index (χ0n) is 8.49. The Morgan fingerprint density at radius 1 is 1.64 bits per heavy atom. The first-order valence-electron chi connectivity index (χ1n) is 4.70. The summed E-state index contributed by atoms with van der Waals surface area (Å²) in [6.07, 6.45) is 5.88. The Balaban J connectivity index is 2.59.